The zero-order valence-electron chi connectivity index (χ0n) is 11.1. The minimum absolute atomic E-state index is 0.0857. The van der Waals surface area contributed by atoms with Crippen LogP contribution in [-0.4, -0.2) is 11.7 Å². The first-order chi connectivity index (χ1) is 9.00. The van der Waals surface area contributed by atoms with Crippen molar-refractivity contribution in [1.82, 2.24) is 5.32 Å². The van der Waals surface area contributed by atoms with Crippen molar-refractivity contribution in [3.63, 3.8) is 0 Å². The Morgan fingerprint density at radius 2 is 2.05 bits per heavy atom. The van der Waals surface area contributed by atoms with Crippen LogP contribution >= 0.6 is 22.9 Å². The van der Waals surface area contributed by atoms with E-state index in [0.717, 1.165) is 12.1 Å². The summed E-state index contributed by atoms with van der Waals surface area (Å²) in [7, 11) is 0. The first-order valence-electron chi connectivity index (χ1n) is 6.22. The van der Waals surface area contributed by atoms with Gasteiger partial charge in [0.1, 0.15) is 5.75 Å². The summed E-state index contributed by atoms with van der Waals surface area (Å²) in [6.07, 6.45) is 0. The number of rotatable bonds is 5. The van der Waals surface area contributed by atoms with E-state index in [1.807, 2.05) is 12.1 Å². The average Bonchev–Trinajstić information content (AvgIpc) is 2.89. The third kappa shape index (κ3) is 3.50. The van der Waals surface area contributed by atoms with Gasteiger partial charge in [0.05, 0.1) is 5.02 Å². The molecule has 1 aromatic carbocycles. The van der Waals surface area contributed by atoms with Crippen molar-refractivity contribution in [2.24, 2.45) is 0 Å². The van der Waals surface area contributed by atoms with E-state index in [-0.39, 0.29) is 11.2 Å². The summed E-state index contributed by atoms with van der Waals surface area (Å²) < 4.78 is 0. The Morgan fingerprint density at radius 1 is 1.26 bits per heavy atom. The maximum atomic E-state index is 9.84. The lowest BCUT2D eigenvalue weighted by molar-refractivity contribution is 0.450. The predicted octanol–water partition coefficient (Wildman–Crippen LogP) is 4.17. The molecule has 0 spiro atoms. The number of phenols is 1. The van der Waals surface area contributed by atoms with Crippen LogP contribution in [0.3, 0.4) is 0 Å². The zero-order valence-corrected chi connectivity index (χ0v) is 12.7. The van der Waals surface area contributed by atoms with Crippen LogP contribution in [0.15, 0.2) is 35.7 Å². The molecule has 2 nitrogen and oxygen atoms in total. The average molecular weight is 296 g/mol. The van der Waals surface area contributed by atoms with Crippen LogP contribution in [0.1, 0.15) is 24.3 Å². The number of phenolic OH excluding ortho intramolecular Hbond substituents is 1. The standard InChI is InChI=1S/C15H18ClNOS/c1-15(2,13-7-4-8-19-13)10-17-9-11-5-3-6-12(16)14(11)18/h3-8,17-18H,9-10H2,1-2H3. The highest BCUT2D eigenvalue weighted by Crippen LogP contribution is 2.28. The Labute approximate surface area is 123 Å². The molecule has 0 aliphatic heterocycles. The van der Waals surface area contributed by atoms with Crippen molar-refractivity contribution in [3.05, 3.63) is 51.2 Å². The molecule has 2 aromatic rings. The van der Waals surface area contributed by atoms with Crippen LogP contribution in [-0.2, 0) is 12.0 Å². The van der Waals surface area contributed by atoms with Gasteiger partial charge in [0.15, 0.2) is 0 Å². The van der Waals surface area contributed by atoms with Crippen molar-refractivity contribution in [2.75, 3.05) is 6.54 Å². The highest BCUT2D eigenvalue weighted by Gasteiger charge is 2.21. The summed E-state index contributed by atoms with van der Waals surface area (Å²) in [6, 6.07) is 9.65. The van der Waals surface area contributed by atoms with Gasteiger partial charge < -0.3 is 10.4 Å². The van der Waals surface area contributed by atoms with Gasteiger partial charge in [-0.25, -0.2) is 0 Å². The number of aromatic hydroxyl groups is 1. The molecule has 19 heavy (non-hydrogen) atoms. The van der Waals surface area contributed by atoms with Crippen LogP contribution in [0, 0.1) is 0 Å². The van der Waals surface area contributed by atoms with Crippen LogP contribution < -0.4 is 5.32 Å². The summed E-state index contributed by atoms with van der Waals surface area (Å²) in [5.74, 6) is 0.172. The smallest absolute Gasteiger partial charge is 0.138 e. The lowest BCUT2D eigenvalue weighted by Crippen LogP contribution is -2.31. The maximum absolute atomic E-state index is 9.84. The molecule has 102 valence electrons. The fraction of sp³-hybridized carbons (Fsp3) is 0.333. The second-order valence-electron chi connectivity index (χ2n) is 5.21. The molecule has 1 heterocycles. The largest absolute Gasteiger partial charge is 0.506 e. The van der Waals surface area contributed by atoms with Gasteiger partial charge in [-0.2, -0.15) is 0 Å². The topological polar surface area (TPSA) is 32.3 Å². The molecule has 1 aromatic heterocycles. The maximum Gasteiger partial charge on any atom is 0.138 e. The normalized spacial score (nSPS) is 11.7. The van der Waals surface area contributed by atoms with Crippen LogP contribution in [0.5, 0.6) is 5.75 Å². The molecule has 2 N–H and O–H groups in total. The van der Waals surface area contributed by atoms with Crippen molar-refractivity contribution in [1.29, 1.82) is 0 Å². The molecule has 0 fully saturated rings. The molecule has 0 bridgehead atoms. The molecule has 0 radical (unpaired) electrons. The second kappa shape index (κ2) is 5.95. The molecule has 0 atom stereocenters. The van der Waals surface area contributed by atoms with Gasteiger partial charge in [0.25, 0.3) is 0 Å². The van der Waals surface area contributed by atoms with Crippen molar-refractivity contribution in [3.8, 4) is 5.75 Å². The summed E-state index contributed by atoms with van der Waals surface area (Å²) in [5, 5.41) is 15.7. The minimum Gasteiger partial charge on any atom is -0.506 e. The molecule has 4 heteroatoms. The zero-order chi connectivity index (χ0) is 13.9. The minimum atomic E-state index is 0.0857. The number of thiophene rings is 1. The molecule has 0 amide bonds. The first-order valence-corrected chi connectivity index (χ1v) is 7.47. The van der Waals surface area contributed by atoms with E-state index in [1.54, 1.807) is 17.4 Å². The fourth-order valence-electron chi connectivity index (χ4n) is 1.96. The predicted molar refractivity (Wildman–Crippen MR) is 82.2 cm³/mol. The highest BCUT2D eigenvalue weighted by molar-refractivity contribution is 7.10. The van der Waals surface area contributed by atoms with Crippen molar-refractivity contribution < 1.29 is 5.11 Å². The van der Waals surface area contributed by atoms with E-state index >= 15 is 0 Å². The summed E-state index contributed by atoms with van der Waals surface area (Å²) in [5.41, 5.74) is 0.914. The Bertz CT molecular complexity index is 537. The Hall–Kier alpha value is -1.03. The number of hydrogen-bond donors (Lipinski definition) is 2. The summed E-state index contributed by atoms with van der Waals surface area (Å²) in [6.45, 7) is 5.88. The van der Waals surface area contributed by atoms with Gasteiger partial charge >= 0.3 is 0 Å². The second-order valence-corrected chi connectivity index (χ2v) is 6.57. The quantitative estimate of drug-likeness (QED) is 0.867. The van der Waals surface area contributed by atoms with Crippen LogP contribution in [0.4, 0.5) is 0 Å². The Morgan fingerprint density at radius 3 is 2.74 bits per heavy atom. The van der Waals surface area contributed by atoms with E-state index in [4.69, 9.17) is 11.6 Å². The number of nitrogens with one attached hydrogen (secondary N) is 1. The van der Waals surface area contributed by atoms with E-state index in [2.05, 4.69) is 36.7 Å². The molecule has 0 aliphatic rings. The highest BCUT2D eigenvalue weighted by atomic mass is 35.5. The monoisotopic (exact) mass is 295 g/mol. The van der Waals surface area contributed by atoms with Crippen molar-refractivity contribution in [2.45, 2.75) is 25.8 Å². The first kappa shape index (κ1) is 14.4. The summed E-state index contributed by atoms with van der Waals surface area (Å²) >= 11 is 7.66. The van der Waals surface area contributed by atoms with E-state index in [0.29, 0.717) is 11.6 Å². The Balaban J connectivity index is 1.95. The van der Waals surface area contributed by atoms with E-state index < -0.39 is 0 Å². The van der Waals surface area contributed by atoms with E-state index in [9.17, 15) is 5.11 Å². The molecule has 0 aliphatic carbocycles. The number of halogens is 1. The summed E-state index contributed by atoms with van der Waals surface area (Å²) in [4.78, 5) is 1.36. The number of para-hydroxylation sites is 1. The molecule has 2 rings (SSSR count). The van der Waals surface area contributed by atoms with Gasteiger partial charge in [0.2, 0.25) is 0 Å². The third-order valence-corrected chi connectivity index (χ3v) is 4.68. The molecular formula is C15H18ClNOS. The SMILES string of the molecule is CC(C)(CNCc1cccc(Cl)c1O)c1cccs1. The van der Waals surface area contributed by atoms with Crippen molar-refractivity contribution >= 4 is 22.9 Å². The van der Waals surface area contributed by atoms with Gasteiger partial charge in [-0.05, 0) is 17.5 Å². The van der Waals surface area contributed by atoms with E-state index in [1.165, 1.54) is 4.88 Å². The molecular weight excluding hydrogens is 278 g/mol. The lowest BCUT2D eigenvalue weighted by Gasteiger charge is -2.24. The van der Waals surface area contributed by atoms with Crippen LogP contribution in [0.2, 0.25) is 5.02 Å². The number of benzene rings is 1. The molecule has 0 saturated carbocycles. The fourth-order valence-corrected chi connectivity index (χ4v) is 3.01. The Kier molecular flexibility index (Phi) is 4.50. The van der Waals surface area contributed by atoms with Gasteiger partial charge in [-0.3, -0.25) is 0 Å². The van der Waals surface area contributed by atoms with Gasteiger partial charge in [-0.15, -0.1) is 11.3 Å². The van der Waals surface area contributed by atoms with Crippen LogP contribution in [0.25, 0.3) is 0 Å². The van der Waals surface area contributed by atoms with Gasteiger partial charge in [-0.1, -0.05) is 43.6 Å². The molecule has 0 unspecified atom stereocenters. The lowest BCUT2D eigenvalue weighted by atomic mass is 9.91. The number of hydrogen-bond acceptors (Lipinski definition) is 3. The third-order valence-electron chi connectivity index (χ3n) is 3.14. The molecule has 0 saturated heterocycles. The van der Waals surface area contributed by atoms with Gasteiger partial charge in [0, 0.05) is 28.9 Å².